The zero-order valence-electron chi connectivity index (χ0n) is 8.95. The molecule has 1 aliphatic carbocycles. The maximum Gasteiger partial charge on any atom is 0.242 e. The zero-order chi connectivity index (χ0) is 11.1. The second kappa shape index (κ2) is 6.23. The van der Waals surface area contributed by atoms with Gasteiger partial charge < -0.3 is 21.1 Å². The molecule has 1 saturated carbocycles. The highest BCUT2D eigenvalue weighted by Gasteiger charge is 2.22. The number of carbonyl (C=O) groups is 1. The van der Waals surface area contributed by atoms with E-state index in [9.17, 15) is 4.79 Å². The number of amides is 1. The molecule has 0 aromatic heterocycles. The van der Waals surface area contributed by atoms with E-state index in [0.29, 0.717) is 19.2 Å². The number of nitrogens with one attached hydrogen (secondary N) is 2. The minimum atomic E-state index is -0.0750. The lowest BCUT2D eigenvalue weighted by atomic mass is 10.5. The van der Waals surface area contributed by atoms with Crippen molar-refractivity contribution in [2.24, 2.45) is 10.7 Å². The van der Waals surface area contributed by atoms with E-state index in [1.54, 1.807) is 7.11 Å². The van der Waals surface area contributed by atoms with E-state index in [0.717, 1.165) is 12.8 Å². The summed E-state index contributed by atoms with van der Waals surface area (Å²) >= 11 is 0. The smallest absolute Gasteiger partial charge is 0.242 e. The van der Waals surface area contributed by atoms with Crippen molar-refractivity contribution in [3.8, 4) is 0 Å². The lowest BCUT2D eigenvalue weighted by Crippen LogP contribution is -2.36. The molecule has 0 radical (unpaired) electrons. The largest absolute Gasteiger partial charge is 0.383 e. The summed E-state index contributed by atoms with van der Waals surface area (Å²) in [5.41, 5.74) is 5.51. The SMILES string of the molecule is COCCNC(N)=NCC(=O)NC1CC1. The maximum absolute atomic E-state index is 11.2. The van der Waals surface area contributed by atoms with E-state index in [1.807, 2.05) is 0 Å². The van der Waals surface area contributed by atoms with Gasteiger partial charge in [-0.2, -0.15) is 0 Å². The molecule has 0 heterocycles. The van der Waals surface area contributed by atoms with Crippen LogP contribution in [-0.4, -0.2) is 44.7 Å². The fourth-order valence-electron chi connectivity index (χ4n) is 0.995. The predicted molar refractivity (Wildman–Crippen MR) is 57.5 cm³/mol. The van der Waals surface area contributed by atoms with Crippen LogP contribution in [0.5, 0.6) is 0 Å². The summed E-state index contributed by atoms with van der Waals surface area (Å²) in [5, 5.41) is 5.65. The van der Waals surface area contributed by atoms with Gasteiger partial charge in [0.15, 0.2) is 5.96 Å². The molecule has 1 rings (SSSR count). The van der Waals surface area contributed by atoms with Crippen molar-refractivity contribution in [3.63, 3.8) is 0 Å². The van der Waals surface area contributed by atoms with Crippen molar-refractivity contribution < 1.29 is 9.53 Å². The van der Waals surface area contributed by atoms with Crippen molar-refractivity contribution in [1.82, 2.24) is 10.6 Å². The first kappa shape index (κ1) is 11.8. The summed E-state index contributed by atoms with van der Waals surface area (Å²) in [4.78, 5) is 15.1. The van der Waals surface area contributed by atoms with E-state index < -0.39 is 0 Å². The van der Waals surface area contributed by atoms with Gasteiger partial charge in [-0.1, -0.05) is 0 Å². The topological polar surface area (TPSA) is 88.7 Å². The number of guanidine groups is 1. The average molecular weight is 214 g/mol. The molecule has 0 spiro atoms. The molecule has 6 heteroatoms. The van der Waals surface area contributed by atoms with Gasteiger partial charge in [-0.3, -0.25) is 4.79 Å². The number of aliphatic imine (C=N–C) groups is 1. The van der Waals surface area contributed by atoms with E-state index >= 15 is 0 Å². The predicted octanol–water partition coefficient (Wildman–Crippen LogP) is -1.18. The number of methoxy groups -OCH3 is 1. The molecule has 1 amide bonds. The minimum Gasteiger partial charge on any atom is -0.383 e. The van der Waals surface area contributed by atoms with Gasteiger partial charge in [-0.15, -0.1) is 0 Å². The Bertz CT molecular complexity index is 238. The second-order valence-electron chi connectivity index (χ2n) is 3.46. The minimum absolute atomic E-state index is 0.0750. The molecule has 0 aromatic carbocycles. The van der Waals surface area contributed by atoms with Crippen LogP contribution < -0.4 is 16.4 Å². The monoisotopic (exact) mass is 214 g/mol. The van der Waals surface area contributed by atoms with Gasteiger partial charge in [-0.05, 0) is 12.8 Å². The fraction of sp³-hybridized carbons (Fsp3) is 0.778. The molecule has 6 nitrogen and oxygen atoms in total. The Balaban J connectivity index is 2.08. The number of hydrogen-bond acceptors (Lipinski definition) is 3. The summed E-state index contributed by atoms with van der Waals surface area (Å²) in [6, 6.07) is 0.371. The van der Waals surface area contributed by atoms with Crippen LogP contribution in [0.2, 0.25) is 0 Å². The van der Waals surface area contributed by atoms with Gasteiger partial charge in [0.05, 0.1) is 6.61 Å². The van der Waals surface area contributed by atoms with Crippen LogP contribution in [0.1, 0.15) is 12.8 Å². The lowest BCUT2D eigenvalue weighted by Gasteiger charge is -2.04. The Hall–Kier alpha value is -1.30. The summed E-state index contributed by atoms with van der Waals surface area (Å²) < 4.78 is 4.83. The normalized spacial score (nSPS) is 16.2. The Kier molecular flexibility index (Phi) is 4.89. The second-order valence-corrected chi connectivity index (χ2v) is 3.46. The highest BCUT2D eigenvalue weighted by Crippen LogP contribution is 2.18. The molecule has 15 heavy (non-hydrogen) atoms. The Labute approximate surface area is 89.3 Å². The van der Waals surface area contributed by atoms with Crippen LogP contribution in [0.3, 0.4) is 0 Å². The average Bonchev–Trinajstić information content (AvgIpc) is 2.99. The molecule has 4 N–H and O–H groups in total. The van der Waals surface area contributed by atoms with Crippen LogP contribution in [0.25, 0.3) is 0 Å². The summed E-state index contributed by atoms with van der Waals surface area (Å²) in [7, 11) is 1.61. The third-order valence-corrected chi connectivity index (χ3v) is 1.95. The van der Waals surface area contributed by atoms with Crippen LogP contribution in [0.4, 0.5) is 0 Å². The first-order valence-corrected chi connectivity index (χ1v) is 5.04. The van der Waals surface area contributed by atoms with Gasteiger partial charge in [0.2, 0.25) is 5.91 Å². The molecule has 86 valence electrons. The maximum atomic E-state index is 11.2. The number of carbonyl (C=O) groups excluding carboxylic acids is 1. The van der Waals surface area contributed by atoms with E-state index in [2.05, 4.69) is 15.6 Å². The van der Waals surface area contributed by atoms with Crippen LogP contribution in [0.15, 0.2) is 4.99 Å². The van der Waals surface area contributed by atoms with Gasteiger partial charge in [0.25, 0.3) is 0 Å². The number of hydrogen-bond donors (Lipinski definition) is 3. The Morgan fingerprint density at radius 2 is 2.33 bits per heavy atom. The van der Waals surface area contributed by atoms with Gasteiger partial charge in [0.1, 0.15) is 6.54 Å². The highest BCUT2D eigenvalue weighted by molar-refractivity contribution is 5.84. The van der Waals surface area contributed by atoms with Gasteiger partial charge in [-0.25, -0.2) is 4.99 Å². The molecule has 1 fully saturated rings. The summed E-state index contributed by atoms with van der Waals surface area (Å²) in [6.07, 6.45) is 2.16. The van der Waals surface area contributed by atoms with Crippen LogP contribution in [0, 0.1) is 0 Å². The molecular weight excluding hydrogens is 196 g/mol. The summed E-state index contributed by atoms with van der Waals surface area (Å²) in [5.74, 6) is 0.201. The number of rotatable bonds is 6. The van der Waals surface area contributed by atoms with E-state index in [4.69, 9.17) is 10.5 Å². The van der Waals surface area contributed by atoms with Gasteiger partial charge >= 0.3 is 0 Å². The van der Waals surface area contributed by atoms with Crippen LogP contribution in [-0.2, 0) is 9.53 Å². The molecule has 0 atom stereocenters. The first-order chi connectivity index (χ1) is 7.22. The van der Waals surface area contributed by atoms with Crippen molar-refractivity contribution in [2.75, 3.05) is 26.8 Å². The number of nitrogens with two attached hydrogens (primary N) is 1. The van der Waals surface area contributed by atoms with Crippen molar-refractivity contribution >= 4 is 11.9 Å². The quantitative estimate of drug-likeness (QED) is 0.295. The first-order valence-electron chi connectivity index (χ1n) is 5.04. The molecule has 0 aromatic rings. The highest BCUT2D eigenvalue weighted by atomic mass is 16.5. The number of ether oxygens (including phenoxy) is 1. The molecule has 1 aliphatic rings. The van der Waals surface area contributed by atoms with Crippen LogP contribution >= 0.6 is 0 Å². The molecule has 0 aliphatic heterocycles. The molecular formula is C9H18N4O2. The fourth-order valence-corrected chi connectivity index (χ4v) is 0.995. The lowest BCUT2D eigenvalue weighted by molar-refractivity contribution is -0.119. The van der Waals surface area contributed by atoms with Gasteiger partial charge in [0, 0.05) is 19.7 Å². The summed E-state index contributed by atoms with van der Waals surface area (Å²) in [6.45, 7) is 1.24. The third kappa shape index (κ3) is 5.90. The molecule has 0 unspecified atom stereocenters. The van der Waals surface area contributed by atoms with Crippen molar-refractivity contribution in [1.29, 1.82) is 0 Å². The number of nitrogens with zero attached hydrogens (tertiary/aromatic N) is 1. The standard InChI is InChI=1S/C9H18N4O2/c1-15-5-4-11-9(10)12-6-8(14)13-7-2-3-7/h7H,2-6H2,1H3,(H,13,14)(H3,10,11,12). The van der Waals surface area contributed by atoms with Crippen molar-refractivity contribution in [3.05, 3.63) is 0 Å². The van der Waals surface area contributed by atoms with E-state index in [1.165, 1.54) is 0 Å². The Morgan fingerprint density at radius 1 is 1.60 bits per heavy atom. The zero-order valence-corrected chi connectivity index (χ0v) is 8.95. The molecule has 0 saturated heterocycles. The van der Waals surface area contributed by atoms with E-state index in [-0.39, 0.29) is 18.4 Å². The molecule has 0 bridgehead atoms. The Morgan fingerprint density at radius 3 is 2.93 bits per heavy atom. The van der Waals surface area contributed by atoms with Crippen molar-refractivity contribution in [2.45, 2.75) is 18.9 Å². The third-order valence-electron chi connectivity index (χ3n) is 1.95.